The van der Waals surface area contributed by atoms with E-state index in [4.69, 9.17) is 4.74 Å². The second-order valence-electron chi connectivity index (χ2n) is 7.46. The summed E-state index contributed by atoms with van der Waals surface area (Å²) in [6.07, 6.45) is 1.94. The molecule has 1 atom stereocenters. The fraction of sp³-hybridized carbons (Fsp3) is 0.409. The first-order valence-corrected chi connectivity index (χ1v) is 9.62. The number of anilines is 1. The summed E-state index contributed by atoms with van der Waals surface area (Å²) in [5.74, 6) is 0.181. The van der Waals surface area contributed by atoms with Crippen LogP contribution in [0, 0.1) is 12.7 Å². The van der Waals surface area contributed by atoms with E-state index in [2.05, 4.69) is 5.32 Å². The van der Waals surface area contributed by atoms with Gasteiger partial charge in [-0.05, 0) is 62.6 Å². The van der Waals surface area contributed by atoms with Crippen molar-refractivity contribution in [1.29, 1.82) is 0 Å². The Balaban J connectivity index is 1.50. The van der Waals surface area contributed by atoms with E-state index in [1.54, 1.807) is 6.07 Å². The number of rotatable bonds is 6. The van der Waals surface area contributed by atoms with Gasteiger partial charge in [0.05, 0.1) is 12.1 Å². The number of likely N-dealkylation sites (tertiary alicyclic amines) is 1. The highest BCUT2D eigenvalue weighted by Crippen LogP contribution is 2.24. The molecule has 0 radical (unpaired) electrons. The lowest BCUT2D eigenvalue weighted by molar-refractivity contribution is -0.117. The molecule has 1 heterocycles. The molecule has 0 spiro atoms. The SMILES string of the molecule is Cc1ccc(F)cc1NC(=O)CN1CCCC(O)(COc2ccccc2)CC1. The Kier molecular flexibility index (Phi) is 6.65. The Bertz CT molecular complexity index is 800. The average Bonchev–Trinajstić information content (AvgIpc) is 2.86. The monoisotopic (exact) mass is 386 g/mol. The molecule has 1 aliphatic heterocycles. The van der Waals surface area contributed by atoms with Gasteiger partial charge in [0.1, 0.15) is 18.2 Å². The third-order valence-electron chi connectivity index (χ3n) is 5.10. The van der Waals surface area contributed by atoms with Crippen molar-refractivity contribution in [2.75, 3.05) is 31.6 Å². The minimum absolute atomic E-state index is 0.181. The number of nitrogens with zero attached hydrogens (tertiary/aromatic N) is 1. The van der Waals surface area contributed by atoms with Crippen LogP contribution in [0.15, 0.2) is 48.5 Å². The zero-order valence-corrected chi connectivity index (χ0v) is 16.2. The average molecular weight is 386 g/mol. The highest BCUT2D eigenvalue weighted by molar-refractivity contribution is 5.92. The van der Waals surface area contributed by atoms with Crippen LogP contribution in [-0.2, 0) is 4.79 Å². The normalized spacial score (nSPS) is 20.4. The number of halogens is 1. The van der Waals surface area contributed by atoms with Gasteiger partial charge in [0, 0.05) is 12.2 Å². The van der Waals surface area contributed by atoms with Gasteiger partial charge in [-0.3, -0.25) is 9.69 Å². The maximum absolute atomic E-state index is 13.4. The zero-order chi connectivity index (χ0) is 20.0. The van der Waals surface area contributed by atoms with Crippen molar-refractivity contribution in [3.8, 4) is 5.75 Å². The fourth-order valence-corrected chi connectivity index (χ4v) is 3.39. The summed E-state index contributed by atoms with van der Waals surface area (Å²) < 4.78 is 19.1. The topological polar surface area (TPSA) is 61.8 Å². The van der Waals surface area contributed by atoms with Gasteiger partial charge < -0.3 is 15.2 Å². The van der Waals surface area contributed by atoms with Crippen molar-refractivity contribution in [3.05, 3.63) is 59.9 Å². The number of aryl methyl sites for hydroxylation is 1. The summed E-state index contributed by atoms with van der Waals surface area (Å²) in [4.78, 5) is 14.4. The second-order valence-corrected chi connectivity index (χ2v) is 7.46. The maximum atomic E-state index is 13.4. The Labute approximate surface area is 165 Å². The number of amides is 1. The van der Waals surface area contributed by atoms with E-state index < -0.39 is 5.60 Å². The van der Waals surface area contributed by atoms with Crippen molar-refractivity contribution >= 4 is 11.6 Å². The molecule has 6 heteroatoms. The number of carbonyl (C=O) groups is 1. The van der Waals surface area contributed by atoms with Gasteiger partial charge in [-0.1, -0.05) is 24.3 Å². The van der Waals surface area contributed by atoms with E-state index in [0.29, 0.717) is 25.1 Å². The van der Waals surface area contributed by atoms with E-state index in [9.17, 15) is 14.3 Å². The van der Waals surface area contributed by atoms with E-state index in [1.165, 1.54) is 12.1 Å². The van der Waals surface area contributed by atoms with Crippen LogP contribution in [0.25, 0.3) is 0 Å². The minimum Gasteiger partial charge on any atom is -0.491 e. The molecule has 28 heavy (non-hydrogen) atoms. The first-order chi connectivity index (χ1) is 13.4. The quantitative estimate of drug-likeness (QED) is 0.799. The number of ether oxygens (including phenoxy) is 1. The van der Waals surface area contributed by atoms with Crippen LogP contribution in [0.2, 0.25) is 0 Å². The lowest BCUT2D eigenvalue weighted by atomic mass is 9.96. The van der Waals surface area contributed by atoms with Crippen LogP contribution in [0.5, 0.6) is 5.75 Å². The molecule has 1 unspecified atom stereocenters. The Morgan fingerprint density at radius 1 is 1.21 bits per heavy atom. The lowest BCUT2D eigenvalue weighted by Crippen LogP contribution is -2.38. The molecule has 0 aliphatic carbocycles. The molecule has 5 nitrogen and oxygen atoms in total. The zero-order valence-electron chi connectivity index (χ0n) is 16.2. The van der Waals surface area contributed by atoms with E-state index in [0.717, 1.165) is 24.3 Å². The molecule has 2 aromatic carbocycles. The summed E-state index contributed by atoms with van der Waals surface area (Å²) in [5, 5.41) is 13.7. The standard InChI is InChI=1S/C22H27FN2O3/c1-17-8-9-18(23)14-20(17)24-21(26)15-25-12-5-10-22(27,11-13-25)16-28-19-6-3-2-4-7-19/h2-4,6-9,14,27H,5,10-13,15-16H2,1H3,(H,24,26). The molecular weight excluding hydrogens is 359 g/mol. The van der Waals surface area contributed by atoms with Gasteiger partial charge in [0.2, 0.25) is 5.91 Å². The lowest BCUT2D eigenvalue weighted by Gasteiger charge is -2.27. The molecule has 1 aliphatic rings. The van der Waals surface area contributed by atoms with Crippen LogP contribution in [-0.4, -0.2) is 47.8 Å². The number of nitrogens with one attached hydrogen (secondary N) is 1. The van der Waals surface area contributed by atoms with Crippen molar-refractivity contribution in [2.45, 2.75) is 31.8 Å². The first-order valence-electron chi connectivity index (χ1n) is 9.62. The molecule has 150 valence electrons. The molecular formula is C22H27FN2O3. The highest BCUT2D eigenvalue weighted by atomic mass is 19.1. The van der Waals surface area contributed by atoms with Crippen LogP contribution in [0.1, 0.15) is 24.8 Å². The van der Waals surface area contributed by atoms with Crippen molar-refractivity contribution in [3.63, 3.8) is 0 Å². The van der Waals surface area contributed by atoms with Crippen molar-refractivity contribution in [1.82, 2.24) is 4.90 Å². The van der Waals surface area contributed by atoms with Gasteiger partial charge in [0.15, 0.2) is 0 Å². The molecule has 2 aromatic rings. The third-order valence-corrected chi connectivity index (χ3v) is 5.10. The molecule has 0 aromatic heterocycles. The molecule has 0 saturated carbocycles. The Hall–Kier alpha value is -2.44. The summed E-state index contributed by atoms with van der Waals surface area (Å²) in [6.45, 7) is 3.60. The van der Waals surface area contributed by atoms with Crippen LogP contribution in [0.3, 0.4) is 0 Å². The molecule has 1 amide bonds. The summed E-state index contributed by atoms with van der Waals surface area (Å²) in [7, 11) is 0. The van der Waals surface area contributed by atoms with Gasteiger partial charge in [-0.2, -0.15) is 0 Å². The van der Waals surface area contributed by atoms with Gasteiger partial charge in [0.25, 0.3) is 0 Å². The number of benzene rings is 2. The summed E-state index contributed by atoms with van der Waals surface area (Å²) in [6, 6.07) is 13.8. The molecule has 2 N–H and O–H groups in total. The second kappa shape index (κ2) is 9.17. The Morgan fingerprint density at radius 2 is 2.00 bits per heavy atom. The van der Waals surface area contributed by atoms with Gasteiger partial charge in [-0.25, -0.2) is 4.39 Å². The maximum Gasteiger partial charge on any atom is 0.238 e. The summed E-state index contributed by atoms with van der Waals surface area (Å²) >= 11 is 0. The number of carbonyl (C=O) groups excluding carboxylic acids is 1. The first kappa shape index (κ1) is 20.3. The molecule has 3 rings (SSSR count). The molecule has 1 fully saturated rings. The van der Waals surface area contributed by atoms with Crippen LogP contribution < -0.4 is 10.1 Å². The van der Waals surface area contributed by atoms with Crippen LogP contribution in [0.4, 0.5) is 10.1 Å². The fourth-order valence-electron chi connectivity index (χ4n) is 3.39. The molecule has 0 bridgehead atoms. The predicted molar refractivity (Wildman–Crippen MR) is 107 cm³/mol. The smallest absolute Gasteiger partial charge is 0.238 e. The predicted octanol–water partition coefficient (Wildman–Crippen LogP) is 3.37. The minimum atomic E-state index is -0.903. The van der Waals surface area contributed by atoms with Crippen molar-refractivity contribution < 1.29 is 19.0 Å². The van der Waals surface area contributed by atoms with Gasteiger partial charge >= 0.3 is 0 Å². The molecule has 1 saturated heterocycles. The third kappa shape index (κ3) is 5.78. The number of para-hydroxylation sites is 1. The van der Waals surface area contributed by atoms with E-state index in [1.807, 2.05) is 42.2 Å². The summed E-state index contributed by atoms with van der Waals surface area (Å²) in [5.41, 5.74) is 0.408. The van der Waals surface area contributed by atoms with Crippen molar-refractivity contribution in [2.24, 2.45) is 0 Å². The number of aliphatic hydroxyl groups is 1. The number of hydrogen-bond donors (Lipinski definition) is 2. The number of hydrogen-bond acceptors (Lipinski definition) is 4. The van der Waals surface area contributed by atoms with Crippen LogP contribution >= 0.6 is 0 Å². The van der Waals surface area contributed by atoms with E-state index >= 15 is 0 Å². The van der Waals surface area contributed by atoms with Gasteiger partial charge in [-0.15, -0.1) is 0 Å². The largest absolute Gasteiger partial charge is 0.491 e. The highest BCUT2D eigenvalue weighted by Gasteiger charge is 2.31. The Morgan fingerprint density at radius 3 is 2.79 bits per heavy atom. The van der Waals surface area contributed by atoms with E-state index in [-0.39, 0.29) is 24.9 Å².